The second-order valence-electron chi connectivity index (χ2n) is 5.29. The van der Waals surface area contributed by atoms with E-state index in [-0.39, 0.29) is 12.2 Å². The molecular weight excluding hydrogens is 220 g/mol. The molecule has 2 rings (SSSR count). The monoisotopic (exact) mass is 244 g/mol. The van der Waals surface area contributed by atoms with Crippen LogP contribution < -0.4 is 0 Å². The molecule has 4 nitrogen and oxygen atoms in total. The number of hydrogen-bond acceptors (Lipinski definition) is 4. The second kappa shape index (κ2) is 6.14. The first kappa shape index (κ1) is 13.3. The van der Waals surface area contributed by atoms with E-state index in [9.17, 15) is 0 Å². The van der Waals surface area contributed by atoms with Crippen molar-refractivity contribution < 1.29 is 18.9 Å². The first-order valence-electron chi connectivity index (χ1n) is 6.67. The maximum absolute atomic E-state index is 5.77. The van der Waals surface area contributed by atoms with E-state index in [1.165, 1.54) is 0 Å². The van der Waals surface area contributed by atoms with E-state index in [1.807, 2.05) is 13.8 Å². The molecule has 2 aliphatic rings. The average Bonchev–Trinajstić information content (AvgIpc) is 2.97. The number of ether oxygens (including phenoxy) is 4. The van der Waals surface area contributed by atoms with Gasteiger partial charge in [0, 0.05) is 13.2 Å². The first-order valence-corrected chi connectivity index (χ1v) is 6.67. The van der Waals surface area contributed by atoms with Gasteiger partial charge in [0.05, 0.1) is 25.4 Å². The zero-order valence-corrected chi connectivity index (χ0v) is 10.9. The van der Waals surface area contributed by atoms with Crippen LogP contribution in [-0.2, 0) is 18.9 Å². The van der Waals surface area contributed by atoms with Crippen molar-refractivity contribution in [3.05, 3.63) is 0 Å². The molecule has 17 heavy (non-hydrogen) atoms. The van der Waals surface area contributed by atoms with Crippen LogP contribution in [0, 0.1) is 0 Å². The van der Waals surface area contributed by atoms with Gasteiger partial charge in [-0.25, -0.2) is 0 Å². The fraction of sp³-hybridized carbons (Fsp3) is 1.00. The molecule has 2 unspecified atom stereocenters. The van der Waals surface area contributed by atoms with E-state index in [2.05, 4.69) is 0 Å². The Morgan fingerprint density at radius 2 is 1.41 bits per heavy atom. The Morgan fingerprint density at radius 1 is 0.941 bits per heavy atom. The van der Waals surface area contributed by atoms with Crippen LogP contribution in [-0.4, -0.2) is 44.4 Å². The summed E-state index contributed by atoms with van der Waals surface area (Å²) in [5, 5.41) is 0. The van der Waals surface area contributed by atoms with Crippen molar-refractivity contribution in [2.24, 2.45) is 0 Å². The maximum Gasteiger partial charge on any atom is 0.162 e. The minimum Gasteiger partial charge on any atom is -0.376 e. The predicted molar refractivity (Wildman–Crippen MR) is 63.9 cm³/mol. The fourth-order valence-corrected chi connectivity index (χ4v) is 2.18. The molecule has 0 aromatic heterocycles. The van der Waals surface area contributed by atoms with Gasteiger partial charge in [-0.1, -0.05) is 0 Å². The second-order valence-corrected chi connectivity index (χ2v) is 5.29. The van der Waals surface area contributed by atoms with Gasteiger partial charge in [-0.15, -0.1) is 0 Å². The molecule has 0 spiro atoms. The highest BCUT2D eigenvalue weighted by Crippen LogP contribution is 2.19. The molecule has 2 saturated heterocycles. The summed E-state index contributed by atoms with van der Waals surface area (Å²) >= 11 is 0. The topological polar surface area (TPSA) is 36.9 Å². The fourth-order valence-electron chi connectivity index (χ4n) is 2.18. The van der Waals surface area contributed by atoms with Crippen LogP contribution in [0.5, 0.6) is 0 Å². The van der Waals surface area contributed by atoms with E-state index in [0.29, 0.717) is 13.2 Å². The molecule has 0 radical (unpaired) electrons. The molecule has 2 fully saturated rings. The van der Waals surface area contributed by atoms with Crippen LogP contribution in [0.1, 0.15) is 39.5 Å². The average molecular weight is 244 g/mol. The van der Waals surface area contributed by atoms with Crippen molar-refractivity contribution >= 4 is 0 Å². The summed E-state index contributed by atoms with van der Waals surface area (Å²) in [5.74, 6) is -0.544. The van der Waals surface area contributed by atoms with Gasteiger partial charge in [0.15, 0.2) is 5.79 Å². The van der Waals surface area contributed by atoms with Gasteiger partial charge in [0.1, 0.15) is 0 Å². The molecule has 0 bridgehead atoms. The van der Waals surface area contributed by atoms with Crippen LogP contribution in [0.25, 0.3) is 0 Å². The molecule has 100 valence electrons. The summed E-state index contributed by atoms with van der Waals surface area (Å²) in [5.41, 5.74) is 0. The SMILES string of the molecule is CC(C)(OCC1CCCO1)OCC1CCCO1. The molecule has 2 aliphatic heterocycles. The van der Waals surface area contributed by atoms with E-state index in [1.54, 1.807) is 0 Å². The van der Waals surface area contributed by atoms with Gasteiger partial charge < -0.3 is 18.9 Å². The zero-order valence-electron chi connectivity index (χ0n) is 10.9. The predicted octanol–water partition coefficient (Wildman–Crippen LogP) is 2.11. The molecule has 0 N–H and O–H groups in total. The lowest BCUT2D eigenvalue weighted by Gasteiger charge is -2.28. The van der Waals surface area contributed by atoms with Crippen LogP contribution in [0.3, 0.4) is 0 Å². The molecule has 0 aromatic rings. The van der Waals surface area contributed by atoms with Crippen molar-refractivity contribution in [1.29, 1.82) is 0 Å². The van der Waals surface area contributed by atoms with E-state index in [4.69, 9.17) is 18.9 Å². The van der Waals surface area contributed by atoms with Gasteiger partial charge in [-0.3, -0.25) is 0 Å². The number of rotatable bonds is 6. The minimum atomic E-state index is -0.544. The molecule has 0 amide bonds. The van der Waals surface area contributed by atoms with Crippen LogP contribution in [0.15, 0.2) is 0 Å². The normalized spacial score (nSPS) is 30.0. The van der Waals surface area contributed by atoms with E-state index in [0.717, 1.165) is 38.9 Å². The molecular formula is C13H24O4. The summed E-state index contributed by atoms with van der Waals surface area (Å²) < 4.78 is 22.6. The molecule has 2 atom stereocenters. The highest BCUT2D eigenvalue weighted by Gasteiger charge is 2.26. The van der Waals surface area contributed by atoms with E-state index < -0.39 is 5.79 Å². The summed E-state index contributed by atoms with van der Waals surface area (Å²) in [6.45, 7) is 6.89. The van der Waals surface area contributed by atoms with Gasteiger partial charge in [-0.2, -0.15) is 0 Å². The lowest BCUT2D eigenvalue weighted by atomic mass is 10.2. The molecule has 4 heteroatoms. The summed E-state index contributed by atoms with van der Waals surface area (Å²) in [4.78, 5) is 0. The summed E-state index contributed by atoms with van der Waals surface area (Å²) in [6, 6.07) is 0. The van der Waals surface area contributed by atoms with Crippen LogP contribution in [0.4, 0.5) is 0 Å². The third-order valence-electron chi connectivity index (χ3n) is 3.28. The van der Waals surface area contributed by atoms with Crippen molar-refractivity contribution in [2.75, 3.05) is 26.4 Å². The van der Waals surface area contributed by atoms with Crippen molar-refractivity contribution in [1.82, 2.24) is 0 Å². The van der Waals surface area contributed by atoms with Crippen LogP contribution >= 0.6 is 0 Å². The Kier molecular flexibility index (Phi) is 4.79. The Balaban J connectivity index is 1.62. The quantitative estimate of drug-likeness (QED) is 0.671. The summed E-state index contributed by atoms with van der Waals surface area (Å²) in [6.07, 6.45) is 4.99. The highest BCUT2D eigenvalue weighted by molar-refractivity contribution is 4.68. The third-order valence-corrected chi connectivity index (χ3v) is 3.28. The van der Waals surface area contributed by atoms with Crippen molar-refractivity contribution in [3.8, 4) is 0 Å². The Morgan fingerprint density at radius 3 is 1.76 bits per heavy atom. The third kappa shape index (κ3) is 4.54. The van der Waals surface area contributed by atoms with Gasteiger partial charge in [-0.05, 0) is 39.5 Å². The number of hydrogen-bond donors (Lipinski definition) is 0. The highest BCUT2D eigenvalue weighted by atomic mass is 16.7. The Labute approximate surface area is 104 Å². The molecule has 0 aliphatic carbocycles. The Bertz CT molecular complexity index is 195. The lowest BCUT2D eigenvalue weighted by molar-refractivity contribution is -0.233. The van der Waals surface area contributed by atoms with Gasteiger partial charge in [0.25, 0.3) is 0 Å². The smallest absolute Gasteiger partial charge is 0.162 e. The van der Waals surface area contributed by atoms with Gasteiger partial charge >= 0.3 is 0 Å². The minimum absolute atomic E-state index is 0.251. The van der Waals surface area contributed by atoms with Gasteiger partial charge in [0.2, 0.25) is 0 Å². The molecule has 2 heterocycles. The van der Waals surface area contributed by atoms with E-state index >= 15 is 0 Å². The van der Waals surface area contributed by atoms with Crippen molar-refractivity contribution in [2.45, 2.75) is 57.5 Å². The molecule has 0 saturated carbocycles. The summed E-state index contributed by atoms with van der Waals surface area (Å²) in [7, 11) is 0. The zero-order chi connectivity index (χ0) is 12.1. The van der Waals surface area contributed by atoms with Crippen LogP contribution in [0.2, 0.25) is 0 Å². The maximum atomic E-state index is 5.77. The van der Waals surface area contributed by atoms with Crippen molar-refractivity contribution in [3.63, 3.8) is 0 Å². The first-order chi connectivity index (χ1) is 8.16. The largest absolute Gasteiger partial charge is 0.376 e. The lowest BCUT2D eigenvalue weighted by Crippen LogP contribution is -2.34. The molecule has 0 aromatic carbocycles. The Hall–Kier alpha value is -0.160. The standard InChI is InChI=1S/C13H24O4/c1-13(2,16-9-11-5-3-7-14-11)17-10-12-6-4-8-15-12/h11-12H,3-10H2,1-2H3.